The molecule has 0 amide bonds. The SMILES string of the molecule is O=C[O-].O=[N+]([O-])[O-].O=[N+]([O-])[O-].[La+3].[Ru+3]. The van der Waals surface area contributed by atoms with Crippen LogP contribution in [0.1, 0.15) is 0 Å². The average Bonchev–Trinajstić information content (AvgIpc) is 1.60. The molecule has 0 atom stereocenters. The average molecular weight is 409 g/mol. The Morgan fingerprint density at radius 1 is 0.923 bits per heavy atom. The second kappa shape index (κ2) is 29.8. The van der Waals surface area contributed by atoms with Gasteiger partial charge in [-0.25, -0.2) is 0 Å². The van der Waals surface area contributed by atoms with Gasteiger partial charge in [-0.1, -0.05) is 0 Å². The van der Waals surface area contributed by atoms with E-state index >= 15 is 0 Å². The van der Waals surface area contributed by atoms with Crippen molar-refractivity contribution in [1.82, 2.24) is 0 Å². The largest absolute Gasteiger partial charge is 3.00 e. The molecule has 1 radical (unpaired) electrons. The molecule has 0 saturated carbocycles. The summed E-state index contributed by atoms with van der Waals surface area (Å²) in [5, 5.41) is 37.8. The van der Waals surface area contributed by atoms with Gasteiger partial charge >= 0.3 is 55.1 Å². The summed E-state index contributed by atoms with van der Waals surface area (Å²) in [5.41, 5.74) is 0. The second-order valence-electron chi connectivity index (χ2n) is 0.543. The number of rotatable bonds is 0. The van der Waals surface area contributed by atoms with Gasteiger partial charge in [0, 0.05) is 6.47 Å². The third kappa shape index (κ3) is 11300. The first kappa shape index (κ1) is 29.3. The molecule has 0 unspecified atom stereocenters. The van der Waals surface area contributed by atoms with Crippen molar-refractivity contribution in [2.75, 3.05) is 0 Å². The normalized spacial score (nSPS) is 4.62. The number of hydrogen-bond acceptors (Lipinski definition) is 8. The number of hydrogen-bond donors (Lipinski definition) is 0. The van der Waals surface area contributed by atoms with Gasteiger partial charge in [0.25, 0.3) is 0 Å². The molecule has 10 nitrogen and oxygen atoms in total. The van der Waals surface area contributed by atoms with E-state index in [1.165, 1.54) is 0 Å². The number of nitrogens with zero attached hydrogens (tertiary/aromatic N) is 2. The predicted octanol–water partition coefficient (Wildman–Crippen LogP) is -2.11. The molecule has 0 aromatic carbocycles. The van der Waals surface area contributed by atoms with Crippen LogP contribution in [0.2, 0.25) is 0 Å². The molecule has 0 aliphatic carbocycles. The molecule has 0 spiro atoms. The van der Waals surface area contributed by atoms with Crippen LogP contribution < -0.4 is 5.11 Å². The van der Waals surface area contributed by atoms with Crippen molar-refractivity contribution in [3.05, 3.63) is 30.6 Å². The Hall–Kier alpha value is -0.312. The van der Waals surface area contributed by atoms with Gasteiger partial charge in [-0.05, 0) is 0 Å². The van der Waals surface area contributed by atoms with Crippen LogP contribution in [0.5, 0.6) is 0 Å². The van der Waals surface area contributed by atoms with Gasteiger partial charge in [0.2, 0.25) is 0 Å². The minimum Gasteiger partial charge on any atom is -0.554 e. The van der Waals surface area contributed by atoms with E-state index in [-0.39, 0.29) is 55.1 Å². The van der Waals surface area contributed by atoms with Crippen LogP contribution in [0.4, 0.5) is 0 Å². The summed E-state index contributed by atoms with van der Waals surface area (Å²) in [6, 6.07) is 0. The number of carbonyl (C=O) groups is 1. The van der Waals surface area contributed by atoms with E-state index in [1.54, 1.807) is 0 Å². The summed E-state index contributed by atoms with van der Waals surface area (Å²) in [5.74, 6) is 0. The van der Waals surface area contributed by atoms with Crippen molar-refractivity contribution in [2.45, 2.75) is 0 Å². The molecule has 0 aliphatic rings. The number of carboxylic acid groups (broad SMARTS) is 1. The van der Waals surface area contributed by atoms with Crippen LogP contribution in [0, 0.1) is 66.2 Å². The first-order chi connectivity index (χ1) is 4.88. The minimum absolute atomic E-state index is 0. The van der Waals surface area contributed by atoms with Crippen molar-refractivity contribution in [1.29, 1.82) is 0 Å². The molecule has 13 heavy (non-hydrogen) atoms. The van der Waals surface area contributed by atoms with Crippen molar-refractivity contribution in [2.24, 2.45) is 0 Å². The molecule has 0 bridgehead atoms. The quantitative estimate of drug-likeness (QED) is 0.189. The summed E-state index contributed by atoms with van der Waals surface area (Å²) >= 11 is 0. The Labute approximate surface area is 111 Å². The standard InChI is InChI=1S/CH2O2.La.2NO3.Ru/c2-1-3;;2*2-1(3)4;/h1H,(H,2,3);;;;/q;+3;2*-1;+3/p-1. The molecular formula is CHLaN2O8Ru+3. The van der Waals surface area contributed by atoms with E-state index in [4.69, 9.17) is 40.5 Å². The summed E-state index contributed by atoms with van der Waals surface area (Å²) in [7, 11) is 0. The summed E-state index contributed by atoms with van der Waals surface area (Å²) < 4.78 is 0. The van der Waals surface area contributed by atoms with Gasteiger partial charge in [-0.3, -0.25) is 0 Å². The zero-order valence-corrected chi connectivity index (χ0v) is 11.0. The summed E-state index contributed by atoms with van der Waals surface area (Å²) in [4.78, 5) is 24.8. The smallest absolute Gasteiger partial charge is 0.554 e. The van der Waals surface area contributed by atoms with E-state index < -0.39 is 16.6 Å². The minimum atomic E-state index is -1.75. The van der Waals surface area contributed by atoms with Crippen molar-refractivity contribution in [3.8, 4) is 0 Å². The van der Waals surface area contributed by atoms with E-state index in [9.17, 15) is 0 Å². The molecule has 0 aromatic heterocycles. The molecule has 0 fully saturated rings. The fraction of sp³-hybridized carbons (Fsp3) is 0. The molecule has 0 N–H and O–H groups in total. The fourth-order valence-electron chi connectivity index (χ4n) is 0. The summed E-state index contributed by atoms with van der Waals surface area (Å²) in [6.45, 7) is -0.500. The molecule has 0 saturated heterocycles. The second-order valence-corrected chi connectivity index (χ2v) is 0.543. The van der Waals surface area contributed by atoms with E-state index in [1.807, 2.05) is 0 Å². The Morgan fingerprint density at radius 2 is 0.923 bits per heavy atom. The molecule has 0 rings (SSSR count). The molecular weight excluding hydrogens is 408 g/mol. The summed E-state index contributed by atoms with van der Waals surface area (Å²) in [6.07, 6.45) is 0. The zero-order chi connectivity index (χ0) is 9.86. The van der Waals surface area contributed by atoms with Crippen LogP contribution in [0.3, 0.4) is 0 Å². The predicted molar refractivity (Wildman–Crippen MR) is 26.8 cm³/mol. The van der Waals surface area contributed by atoms with Gasteiger partial charge in [0.05, 0.1) is 10.2 Å². The van der Waals surface area contributed by atoms with Crippen LogP contribution in [0.15, 0.2) is 0 Å². The van der Waals surface area contributed by atoms with Crippen LogP contribution in [-0.2, 0) is 24.3 Å². The molecule has 12 heteroatoms. The van der Waals surface area contributed by atoms with Crippen molar-refractivity contribution >= 4 is 6.47 Å². The van der Waals surface area contributed by atoms with Crippen LogP contribution >= 0.6 is 0 Å². The van der Waals surface area contributed by atoms with Crippen molar-refractivity contribution < 1.29 is 75.2 Å². The maximum absolute atomic E-state index is 8.25. The Morgan fingerprint density at radius 3 is 0.923 bits per heavy atom. The number of carbonyl (C=O) groups excluding carboxylic acids is 1. The van der Waals surface area contributed by atoms with E-state index in [0.717, 1.165) is 0 Å². The maximum Gasteiger partial charge on any atom is 3.00 e. The Balaban J connectivity index is -0.0000000231. The molecule has 0 heterocycles. The topological polar surface area (TPSA) is 173 Å². The molecule has 0 aliphatic heterocycles. The van der Waals surface area contributed by atoms with Gasteiger partial charge in [-0.2, -0.15) is 0 Å². The molecule has 71 valence electrons. The Kier molecular flexibility index (Phi) is 67.3. The first-order valence-corrected chi connectivity index (χ1v) is 1.57. The van der Waals surface area contributed by atoms with E-state index in [0.29, 0.717) is 0 Å². The third-order valence-corrected chi connectivity index (χ3v) is 0. The van der Waals surface area contributed by atoms with Crippen LogP contribution in [0.25, 0.3) is 0 Å². The van der Waals surface area contributed by atoms with Gasteiger partial charge < -0.3 is 40.5 Å². The van der Waals surface area contributed by atoms with Gasteiger partial charge in [0.15, 0.2) is 0 Å². The monoisotopic (exact) mass is 410 g/mol. The Bertz CT molecular complexity index is 109. The zero-order valence-electron chi connectivity index (χ0n) is 5.67. The fourth-order valence-corrected chi connectivity index (χ4v) is 0. The molecule has 0 aromatic rings. The third-order valence-electron chi connectivity index (χ3n) is 0. The van der Waals surface area contributed by atoms with Gasteiger partial charge in [-0.15, -0.1) is 0 Å². The van der Waals surface area contributed by atoms with E-state index in [2.05, 4.69) is 0 Å². The van der Waals surface area contributed by atoms with Crippen molar-refractivity contribution in [3.63, 3.8) is 0 Å². The maximum atomic E-state index is 8.25. The van der Waals surface area contributed by atoms with Crippen LogP contribution in [-0.4, -0.2) is 16.6 Å². The van der Waals surface area contributed by atoms with Gasteiger partial charge in [0.1, 0.15) is 0 Å². The first-order valence-electron chi connectivity index (χ1n) is 1.57.